The number of nitrogens with zero attached hydrogens (tertiary/aromatic N) is 1. The first-order valence-corrected chi connectivity index (χ1v) is 9.59. The van der Waals surface area contributed by atoms with Crippen LogP contribution in [0.1, 0.15) is 31.2 Å². The van der Waals surface area contributed by atoms with Crippen LogP contribution in [0.5, 0.6) is 0 Å². The van der Waals surface area contributed by atoms with Crippen LogP contribution in [0.2, 0.25) is 0 Å². The van der Waals surface area contributed by atoms with Gasteiger partial charge in [-0.3, -0.25) is 14.4 Å². The normalized spacial score (nSPS) is 16.7. The molecule has 0 bridgehead atoms. The molecule has 0 aromatic heterocycles. The van der Waals surface area contributed by atoms with Gasteiger partial charge in [0.2, 0.25) is 17.7 Å². The van der Waals surface area contributed by atoms with Gasteiger partial charge in [-0.25, -0.2) is 0 Å². The minimum absolute atomic E-state index is 0.0193. The van der Waals surface area contributed by atoms with Crippen molar-refractivity contribution in [2.24, 2.45) is 0 Å². The number of rotatable bonds is 6. The third-order valence-corrected chi connectivity index (χ3v) is 5.50. The van der Waals surface area contributed by atoms with Crippen LogP contribution in [0.3, 0.4) is 0 Å². The number of carbonyl (C=O) groups is 3. The number of carbonyl (C=O) groups excluding carboxylic acids is 3. The zero-order valence-electron chi connectivity index (χ0n) is 15.6. The number of amides is 3. The van der Waals surface area contributed by atoms with Gasteiger partial charge < -0.3 is 15.5 Å². The van der Waals surface area contributed by atoms with Gasteiger partial charge in [0.25, 0.3) is 0 Å². The first-order valence-electron chi connectivity index (χ1n) is 9.59. The first-order chi connectivity index (χ1) is 13.6. The number of hydrogen-bond donors (Lipinski definition) is 2. The van der Waals surface area contributed by atoms with Crippen LogP contribution in [-0.2, 0) is 19.8 Å². The summed E-state index contributed by atoms with van der Waals surface area (Å²) >= 11 is 0. The van der Waals surface area contributed by atoms with E-state index in [1.54, 1.807) is 18.2 Å². The third-order valence-electron chi connectivity index (χ3n) is 5.50. The average Bonchev–Trinajstić information content (AvgIpc) is 3.51. The van der Waals surface area contributed by atoms with Crippen molar-refractivity contribution in [3.8, 4) is 0 Å². The molecule has 1 heterocycles. The standard InChI is InChI=1S/C22H23N3O3/c26-19(23-15-22(12-13-22)16-6-2-1-3-7-16)10-11-21(28)25-14-20(27)24-17-8-4-5-9-18(17)25/h1-9H,10-15H2,(H,23,26)(H,24,27). The van der Waals surface area contributed by atoms with Crippen LogP contribution in [0, 0.1) is 0 Å². The molecule has 2 aromatic rings. The summed E-state index contributed by atoms with van der Waals surface area (Å²) in [7, 11) is 0. The zero-order valence-corrected chi connectivity index (χ0v) is 15.6. The molecule has 2 aromatic carbocycles. The van der Waals surface area contributed by atoms with E-state index in [1.807, 2.05) is 24.3 Å². The predicted molar refractivity (Wildman–Crippen MR) is 107 cm³/mol. The van der Waals surface area contributed by atoms with Crippen molar-refractivity contribution in [2.45, 2.75) is 31.1 Å². The zero-order chi connectivity index (χ0) is 19.6. The van der Waals surface area contributed by atoms with Crippen molar-refractivity contribution in [3.05, 3.63) is 60.2 Å². The fourth-order valence-corrected chi connectivity index (χ4v) is 3.68. The minimum Gasteiger partial charge on any atom is -0.355 e. The molecular weight excluding hydrogens is 354 g/mol. The second kappa shape index (κ2) is 7.46. The second-order valence-electron chi connectivity index (χ2n) is 7.47. The highest BCUT2D eigenvalue weighted by atomic mass is 16.2. The molecule has 0 atom stereocenters. The Morgan fingerprint density at radius 1 is 1.00 bits per heavy atom. The van der Waals surface area contributed by atoms with Crippen LogP contribution >= 0.6 is 0 Å². The average molecular weight is 377 g/mol. The monoisotopic (exact) mass is 377 g/mol. The van der Waals surface area contributed by atoms with E-state index in [1.165, 1.54) is 10.5 Å². The number of anilines is 2. The van der Waals surface area contributed by atoms with E-state index in [4.69, 9.17) is 0 Å². The van der Waals surface area contributed by atoms with Crippen molar-refractivity contribution in [1.29, 1.82) is 0 Å². The van der Waals surface area contributed by atoms with Gasteiger partial charge in [-0.15, -0.1) is 0 Å². The van der Waals surface area contributed by atoms with E-state index >= 15 is 0 Å². The highest BCUT2D eigenvalue weighted by Gasteiger charge is 2.44. The summed E-state index contributed by atoms with van der Waals surface area (Å²) in [6, 6.07) is 17.4. The Bertz CT molecular complexity index is 906. The lowest BCUT2D eigenvalue weighted by atomic mass is 9.96. The molecule has 1 fully saturated rings. The fourth-order valence-electron chi connectivity index (χ4n) is 3.68. The van der Waals surface area contributed by atoms with Crippen molar-refractivity contribution >= 4 is 29.1 Å². The molecule has 1 saturated carbocycles. The van der Waals surface area contributed by atoms with Gasteiger partial charge >= 0.3 is 0 Å². The van der Waals surface area contributed by atoms with Crippen LogP contribution in [-0.4, -0.2) is 30.8 Å². The third kappa shape index (κ3) is 3.76. The molecule has 3 amide bonds. The lowest BCUT2D eigenvalue weighted by molar-refractivity contribution is -0.125. The van der Waals surface area contributed by atoms with Crippen LogP contribution in [0.15, 0.2) is 54.6 Å². The maximum Gasteiger partial charge on any atom is 0.244 e. The van der Waals surface area contributed by atoms with E-state index < -0.39 is 0 Å². The summed E-state index contributed by atoms with van der Waals surface area (Å²) in [6.45, 7) is 0.577. The van der Waals surface area contributed by atoms with Gasteiger partial charge in [0, 0.05) is 24.8 Å². The maximum absolute atomic E-state index is 12.6. The molecule has 4 rings (SSSR count). The van der Waals surface area contributed by atoms with E-state index in [-0.39, 0.29) is 42.5 Å². The second-order valence-corrected chi connectivity index (χ2v) is 7.47. The highest BCUT2D eigenvalue weighted by Crippen LogP contribution is 2.47. The predicted octanol–water partition coefficient (Wildman–Crippen LogP) is 2.60. The van der Waals surface area contributed by atoms with Gasteiger partial charge in [0.05, 0.1) is 11.4 Å². The van der Waals surface area contributed by atoms with Gasteiger partial charge in [0.1, 0.15) is 6.54 Å². The Morgan fingerprint density at radius 3 is 2.46 bits per heavy atom. The number of hydrogen-bond acceptors (Lipinski definition) is 3. The molecule has 1 aliphatic heterocycles. The largest absolute Gasteiger partial charge is 0.355 e. The van der Waals surface area contributed by atoms with Gasteiger partial charge in [0.15, 0.2) is 0 Å². The van der Waals surface area contributed by atoms with E-state index in [2.05, 4.69) is 22.8 Å². The highest BCUT2D eigenvalue weighted by molar-refractivity contribution is 6.10. The number of para-hydroxylation sites is 2. The summed E-state index contributed by atoms with van der Waals surface area (Å²) in [5.41, 5.74) is 2.59. The number of benzene rings is 2. The minimum atomic E-state index is -0.227. The Morgan fingerprint density at radius 2 is 1.71 bits per heavy atom. The Balaban J connectivity index is 1.31. The van der Waals surface area contributed by atoms with E-state index in [0.29, 0.717) is 17.9 Å². The van der Waals surface area contributed by atoms with Crippen molar-refractivity contribution in [3.63, 3.8) is 0 Å². The molecule has 1 aliphatic carbocycles. The molecule has 0 spiro atoms. The topological polar surface area (TPSA) is 78.5 Å². The summed E-state index contributed by atoms with van der Waals surface area (Å²) in [5.74, 6) is -0.581. The SMILES string of the molecule is O=C(CCC(=O)N1CC(=O)Nc2ccccc21)NCC1(c2ccccc2)CC1. The molecule has 0 radical (unpaired) electrons. The smallest absolute Gasteiger partial charge is 0.244 e. The van der Waals surface area contributed by atoms with Crippen molar-refractivity contribution in [2.75, 3.05) is 23.3 Å². The van der Waals surface area contributed by atoms with Crippen LogP contribution in [0.4, 0.5) is 11.4 Å². The van der Waals surface area contributed by atoms with Gasteiger partial charge in [-0.05, 0) is 30.5 Å². The quantitative estimate of drug-likeness (QED) is 0.812. The summed E-state index contributed by atoms with van der Waals surface area (Å²) < 4.78 is 0. The van der Waals surface area contributed by atoms with Crippen molar-refractivity contribution in [1.82, 2.24) is 5.32 Å². The molecule has 2 aliphatic rings. The lowest BCUT2D eigenvalue weighted by Gasteiger charge is -2.29. The summed E-state index contributed by atoms with van der Waals surface area (Å²) in [6.07, 6.45) is 2.32. The molecule has 28 heavy (non-hydrogen) atoms. The lowest BCUT2D eigenvalue weighted by Crippen LogP contribution is -2.42. The molecule has 6 nitrogen and oxygen atoms in total. The number of nitrogens with one attached hydrogen (secondary N) is 2. The molecule has 144 valence electrons. The first kappa shape index (κ1) is 18.2. The molecule has 0 saturated heterocycles. The Kier molecular flexibility index (Phi) is 4.86. The summed E-state index contributed by atoms with van der Waals surface area (Å²) in [4.78, 5) is 38.2. The molecule has 2 N–H and O–H groups in total. The van der Waals surface area contributed by atoms with Gasteiger partial charge in [-0.2, -0.15) is 0 Å². The molecular formula is C22H23N3O3. The van der Waals surface area contributed by atoms with Crippen LogP contribution < -0.4 is 15.5 Å². The maximum atomic E-state index is 12.6. The van der Waals surface area contributed by atoms with E-state index in [9.17, 15) is 14.4 Å². The summed E-state index contributed by atoms with van der Waals surface area (Å²) in [5, 5.41) is 5.74. The fraction of sp³-hybridized carbons (Fsp3) is 0.318. The van der Waals surface area contributed by atoms with E-state index in [0.717, 1.165) is 12.8 Å². The Labute approximate surface area is 163 Å². The molecule has 6 heteroatoms. The molecule has 0 unspecified atom stereocenters. The Hall–Kier alpha value is -3.15. The van der Waals surface area contributed by atoms with Crippen molar-refractivity contribution < 1.29 is 14.4 Å². The van der Waals surface area contributed by atoms with Crippen LogP contribution in [0.25, 0.3) is 0 Å². The van der Waals surface area contributed by atoms with Gasteiger partial charge in [-0.1, -0.05) is 42.5 Å². The number of fused-ring (bicyclic) bond motifs is 1.